The fourth-order valence-corrected chi connectivity index (χ4v) is 3.56. The van der Waals surface area contributed by atoms with E-state index in [0.29, 0.717) is 17.3 Å². The van der Waals surface area contributed by atoms with Gasteiger partial charge in [-0.25, -0.2) is 0 Å². The minimum atomic E-state index is 0.264. The van der Waals surface area contributed by atoms with Crippen molar-refractivity contribution in [1.29, 1.82) is 0 Å². The molecular formula is C19H16ClN3O2S. The topological polar surface area (TPSA) is 49.2 Å². The summed E-state index contributed by atoms with van der Waals surface area (Å²) in [5, 5.41) is 10.1. The average molecular weight is 386 g/mol. The second-order valence-corrected chi connectivity index (χ2v) is 7.23. The number of nitrogens with zero attached hydrogens (tertiary/aromatic N) is 3. The van der Waals surface area contributed by atoms with Gasteiger partial charge < -0.3 is 9.47 Å². The van der Waals surface area contributed by atoms with E-state index in [1.165, 1.54) is 11.8 Å². The third kappa shape index (κ3) is 3.57. The van der Waals surface area contributed by atoms with Crippen molar-refractivity contribution in [2.45, 2.75) is 11.7 Å². The Hall–Kier alpha value is -2.44. The van der Waals surface area contributed by atoms with Crippen molar-refractivity contribution in [2.75, 3.05) is 12.5 Å². The van der Waals surface area contributed by atoms with Crippen molar-refractivity contribution in [3.63, 3.8) is 0 Å². The molecule has 0 unspecified atom stereocenters. The van der Waals surface area contributed by atoms with Crippen molar-refractivity contribution in [3.05, 3.63) is 65.7 Å². The third-order valence-corrected chi connectivity index (χ3v) is 5.23. The lowest BCUT2D eigenvalue weighted by Gasteiger charge is -2.11. The van der Waals surface area contributed by atoms with E-state index in [-0.39, 0.29) is 6.79 Å². The van der Waals surface area contributed by atoms with Crippen molar-refractivity contribution < 1.29 is 9.47 Å². The number of aromatic nitrogens is 3. The molecule has 26 heavy (non-hydrogen) atoms. The molecule has 7 heteroatoms. The van der Waals surface area contributed by atoms with Crippen LogP contribution in [0.1, 0.15) is 5.56 Å². The lowest BCUT2D eigenvalue weighted by molar-refractivity contribution is 0.174. The van der Waals surface area contributed by atoms with Crippen molar-refractivity contribution >= 4 is 23.4 Å². The van der Waals surface area contributed by atoms with Gasteiger partial charge >= 0.3 is 0 Å². The van der Waals surface area contributed by atoms with Gasteiger partial charge in [0.05, 0.1) is 6.54 Å². The van der Waals surface area contributed by atoms with E-state index in [2.05, 4.69) is 21.3 Å². The molecule has 0 atom stereocenters. The number of fused-ring (bicyclic) bond motifs is 1. The Morgan fingerprint density at radius 3 is 2.73 bits per heavy atom. The molecule has 2 heterocycles. The van der Waals surface area contributed by atoms with Gasteiger partial charge in [-0.15, -0.1) is 10.2 Å². The summed E-state index contributed by atoms with van der Waals surface area (Å²) in [7, 11) is 0. The SMILES string of the molecule is C=C(Cl)CSc1nnc(-c2ccccc2)n1Cc1ccc2c(c1)OCO2. The van der Waals surface area contributed by atoms with Crippen LogP contribution in [0.15, 0.2) is 65.3 Å². The summed E-state index contributed by atoms with van der Waals surface area (Å²) in [6, 6.07) is 15.9. The average Bonchev–Trinajstić information content (AvgIpc) is 3.27. The van der Waals surface area contributed by atoms with Crippen LogP contribution in [0.25, 0.3) is 11.4 Å². The number of benzene rings is 2. The summed E-state index contributed by atoms with van der Waals surface area (Å²) < 4.78 is 13.0. The Kier molecular flexibility index (Phi) is 4.86. The molecule has 3 aromatic rings. The Morgan fingerprint density at radius 2 is 1.92 bits per heavy atom. The van der Waals surface area contributed by atoms with Crippen LogP contribution in [0.2, 0.25) is 0 Å². The van der Waals surface area contributed by atoms with Crippen molar-refractivity contribution in [1.82, 2.24) is 14.8 Å². The fraction of sp³-hybridized carbons (Fsp3) is 0.158. The van der Waals surface area contributed by atoms with Gasteiger partial charge in [0.1, 0.15) is 0 Å². The number of halogens is 1. The third-order valence-electron chi connectivity index (χ3n) is 3.88. The van der Waals surface area contributed by atoms with Crippen molar-refractivity contribution in [3.8, 4) is 22.9 Å². The van der Waals surface area contributed by atoms with Crippen LogP contribution >= 0.6 is 23.4 Å². The van der Waals surface area contributed by atoms with Crippen LogP contribution in [0.4, 0.5) is 0 Å². The van der Waals surface area contributed by atoms with Gasteiger partial charge in [-0.2, -0.15) is 0 Å². The molecule has 0 aliphatic carbocycles. The van der Waals surface area contributed by atoms with Gasteiger partial charge in [0.15, 0.2) is 22.5 Å². The Bertz CT molecular complexity index is 943. The smallest absolute Gasteiger partial charge is 0.231 e. The molecule has 0 fully saturated rings. The highest BCUT2D eigenvalue weighted by atomic mass is 35.5. The summed E-state index contributed by atoms with van der Waals surface area (Å²) in [5.74, 6) is 2.93. The van der Waals surface area contributed by atoms with Gasteiger partial charge in [-0.05, 0) is 17.7 Å². The van der Waals surface area contributed by atoms with E-state index in [9.17, 15) is 0 Å². The zero-order chi connectivity index (χ0) is 17.9. The fourth-order valence-electron chi connectivity index (χ4n) is 2.70. The number of hydrogen-bond donors (Lipinski definition) is 0. The van der Waals surface area contributed by atoms with E-state index in [1.807, 2.05) is 48.5 Å². The molecule has 1 aromatic heterocycles. The Balaban J connectivity index is 1.69. The second-order valence-electron chi connectivity index (χ2n) is 5.75. The van der Waals surface area contributed by atoms with Crippen LogP contribution in [-0.2, 0) is 6.54 Å². The first-order valence-electron chi connectivity index (χ1n) is 8.04. The molecule has 0 saturated carbocycles. The lowest BCUT2D eigenvalue weighted by atomic mass is 10.2. The van der Waals surface area contributed by atoms with Gasteiger partial charge in [0, 0.05) is 16.3 Å². The summed E-state index contributed by atoms with van der Waals surface area (Å²) >= 11 is 7.44. The van der Waals surface area contributed by atoms with E-state index < -0.39 is 0 Å². The second kappa shape index (κ2) is 7.43. The minimum absolute atomic E-state index is 0.264. The number of rotatable bonds is 6. The maximum Gasteiger partial charge on any atom is 0.231 e. The van der Waals surface area contributed by atoms with Gasteiger partial charge in [-0.1, -0.05) is 66.3 Å². The van der Waals surface area contributed by atoms with Gasteiger partial charge in [-0.3, -0.25) is 4.57 Å². The van der Waals surface area contributed by atoms with E-state index in [4.69, 9.17) is 21.1 Å². The largest absolute Gasteiger partial charge is 0.454 e. The minimum Gasteiger partial charge on any atom is -0.454 e. The molecule has 0 bridgehead atoms. The highest BCUT2D eigenvalue weighted by Crippen LogP contribution is 2.34. The Morgan fingerprint density at radius 1 is 1.12 bits per heavy atom. The summed E-state index contributed by atoms with van der Waals surface area (Å²) in [4.78, 5) is 0. The highest BCUT2D eigenvalue weighted by molar-refractivity contribution is 7.99. The highest BCUT2D eigenvalue weighted by Gasteiger charge is 2.17. The molecule has 0 amide bonds. The molecule has 5 nitrogen and oxygen atoms in total. The molecule has 1 aliphatic heterocycles. The van der Waals surface area contributed by atoms with E-state index in [1.54, 1.807) is 0 Å². The number of hydrogen-bond acceptors (Lipinski definition) is 5. The quantitative estimate of drug-likeness (QED) is 0.582. The molecule has 0 N–H and O–H groups in total. The van der Waals surface area contributed by atoms with Crippen LogP contribution in [0, 0.1) is 0 Å². The maximum atomic E-state index is 5.92. The first-order chi connectivity index (χ1) is 12.7. The molecule has 132 valence electrons. The molecule has 0 spiro atoms. The van der Waals surface area contributed by atoms with Gasteiger partial charge in [0.2, 0.25) is 6.79 Å². The van der Waals surface area contributed by atoms with Crippen LogP contribution in [0.5, 0.6) is 11.5 Å². The zero-order valence-corrected chi connectivity index (χ0v) is 15.5. The van der Waals surface area contributed by atoms with Crippen LogP contribution in [0.3, 0.4) is 0 Å². The predicted molar refractivity (Wildman–Crippen MR) is 103 cm³/mol. The Labute approximate surface area is 160 Å². The normalized spacial score (nSPS) is 12.3. The monoisotopic (exact) mass is 385 g/mol. The van der Waals surface area contributed by atoms with E-state index in [0.717, 1.165) is 33.6 Å². The number of thioether (sulfide) groups is 1. The van der Waals surface area contributed by atoms with E-state index >= 15 is 0 Å². The lowest BCUT2D eigenvalue weighted by Crippen LogP contribution is -2.04. The molecule has 0 radical (unpaired) electrons. The summed E-state index contributed by atoms with van der Waals surface area (Å²) in [5.41, 5.74) is 2.09. The van der Waals surface area contributed by atoms with Crippen LogP contribution in [-0.4, -0.2) is 27.3 Å². The summed E-state index contributed by atoms with van der Waals surface area (Å²) in [6.45, 7) is 4.62. The van der Waals surface area contributed by atoms with Crippen molar-refractivity contribution in [2.24, 2.45) is 0 Å². The summed E-state index contributed by atoms with van der Waals surface area (Å²) in [6.07, 6.45) is 0. The van der Waals surface area contributed by atoms with Crippen LogP contribution < -0.4 is 9.47 Å². The number of ether oxygens (including phenoxy) is 2. The first-order valence-corrected chi connectivity index (χ1v) is 9.40. The molecule has 0 saturated heterocycles. The maximum absolute atomic E-state index is 5.92. The molecule has 2 aromatic carbocycles. The first kappa shape index (κ1) is 17.0. The predicted octanol–water partition coefficient (Wildman–Crippen LogP) is 4.57. The molecular weight excluding hydrogens is 370 g/mol. The van der Waals surface area contributed by atoms with Gasteiger partial charge in [0.25, 0.3) is 0 Å². The molecule has 1 aliphatic rings. The molecule has 4 rings (SSSR count). The standard InChI is InChI=1S/C19H16ClN3O2S/c1-13(20)11-26-19-22-21-18(15-5-3-2-4-6-15)23(19)10-14-7-8-16-17(9-14)25-12-24-16/h2-9H,1,10-12H2. The zero-order valence-electron chi connectivity index (χ0n) is 13.9.